The Kier molecular flexibility index (Phi) is 3.48. The van der Waals surface area contributed by atoms with Crippen LogP contribution in [0.15, 0.2) is 40.9 Å². The van der Waals surface area contributed by atoms with Gasteiger partial charge in [-0.25, -0.2) is 8.78 Å². The summed E-state index contributed by atoms with van der Waals surface area (Å²) in [4.78, 5) is 0. The molecular weight excluding hydrogens is 330 g/mol. The van der Waals surface area contributed by atoms with Crippen molar-refractivity contribution in [1.82, 2.24) is 0 Å². The van der Waals surface area contributed by atoms with E-state index in [9.17, 15) is 13.9 Å². The molecule has 20 heavy (non-hydrogen) atoms. The standard InChI is InChI=1S/C15H11BrF2O2/c16-8-1-3-10(12(18)5-8)15-7-13(19)11-6-9(17)2-4-14(11)20-15/h1-6,13,15,19H,7H2. The summed E-state index contributed by atoms with van der Waals surface area (Å²) in [6.07, 6.45) is -1.27. The molecule has 0 radical (unpaired) electrons. The maximum atomic E-state index is 14.0. The van der Waals surface area contributed by atoms with Crippen LogP contribution in [0.25, 0.3) is 0 Å². The third kappa shape index (κ3) is 2.43. The van der Waals surface area contributed by atoms with Crippen molar-refractivity contribution in [2.45, 2.75) is 18.6 Å². The summed E-state index contributed by atoms with van der Waals surface area (Å²) >= 11 is 3.19. The number of fused-ring (bicyclic) bond motifs is 1. The highest BCUT2D eigenvalue weighted by atomic mass is 79.9. The fraction of sp³-hybridized carbons (Fsp3) is 0.200. The molecule has 0 bridgehead atoms. The van der Waals surface area contributed by atoms with Gasteiger partial charge in [0.2, 0.25) is 0 Å². The minimum atomic E-state index is -0.873. The van der Waals surface area contributed by atoms with Gasteiger partial charge in [0.05, 0.1) is 6.10 Å². The topological polar surface area (TPSA) is 29.5 Å². The van der Waals surface area contributed by atoms with Crippen molar-refractivity contribution < 1.29 is 18.6 Å². The van der Waals surface area contributed by atoms with Crippen molar-refractivity contribution in [3.8, 4) is 5.75 Å². The quantitative estimate of drug-likeness (QED) is 0.839. The maximum Gasteiger partial charge on any atom is 0.131 e. The van der Waals surface area contributed by atoms with Gasteiger partial charge in [-0.2, -0.15) is 0 Å². The summed E-state index contributed by atoms with van der Waals surface area (Å²) in [6.45, 7) is 0. The predicted octanol–water partition coefficient (Wildman–Crippen LogP) is 4.28. The van der Waals surface area contributed by atoms with E-state index in [0.29, 0.717) is 21.3 Å². The van der Waals surface area contributed by atoms with E-state index in [1.165, 1.54) is 24.3 Å². The van der Waals surface area contributed by atoms with Gasteiger partial charge in [0.15, 0.2) is 0 Å². The number of benzene rings is 2. The molecular formula is C15H11BrF2O2. The van der Waals surface area contributed by atoms with Crippen LogP contribution < -0.4 is 4.74 Å². The van der Waals surface area contributed by atoms with Crippen molar-refractivity contribution in [2.75, 3.05) is 0 Å². The van der Waals surface area contributed by atoms with E-state index in [1.807, 2.05) is 0 Å². The molecule has 2 nitrogen and oxygen atoms in total. The number of aliphatic hydroxyl groups excluding tert-OH is 1. The molecule has 1 aliphatic rings. The third-order valence-electron chi connectivity index (χ3n) is 3.35. The average Bonchev–Trinajstić information content (AvgIpc) is 2.39. The van der Waals surface area contributed by atoms with Gasteiger partial charge < -0.3 is 9.84 Å². The Labute approximate surface area is 123 Å². The highest BCUT2D eigenvalue weighted by Crippen LogP contribution is 2.41. The predicted molar refractivity (Wildman–Crippen MR) is 73.4 cm³/mol. The van der Waals surface area contributed by atoms with Crippen molar-refractivity contribution in [1.29, 1.82) is 0 Å². The molecule has 0 spiro atoms. The van der Waals surface area contributed by atoms with Crippen LogP contribution in [0.2, 0.25) is 0 Å². The van der Waals surface area contributed by atoms with Crippen molar-refractivity contribution in [3.05, 3.63) is 63.6 Å². The van der Waals surface area contributed by atoms with Crippen molar-refractivity contribution in [2.24, 2.45) is 0 Å². The summed E-state index contributed by atoms with van der Waals surface area (Å²) in [7, 11) is 0. The zero-order valence-electron chi connectivity index (χ0n) is 10.3. The summed E-state index contributed by atoms with van der Waals surface area (Å²) in [5.41, 5.74) is 0.779. The lowest BCUT2D eigenvalue weighted by atomic mass is 9.94. The first-order chi connectivity index (χ1) is 9.54. The molecule has 0 amide bonds. The van der Waals surface area contributed by atoms with E-state index in [1.54, 1.807) is 12.1 Å². The van der Waals surface area contributed by atoms with Gasteiger partial charge in [-0.15, -0.1) is 0 Å². The number of halogens is 3. The second-order valence-corrected chi connectivity index (χ2v) is 5.62. The Morgan fingerprint density at radius 1 is 1.10 bits per heavy atom. The van der Waals surface area contributed by atoms with Crippen LogP contribution in [0.1, 0.15) is 29.8 Å². The fourth-order valence-electron chi connectivity index (χ4n) is 2.37. The Morgan fingerprint density at radius 2 is 1.90 bits per heavy atom. The molecule has 0 saturated carbocycles. The number of rotatable bonds is 1. The van der Waals surface area contributed by atoms with Crippen LogP contribution in [0.3, 0.4) is 0 Å². The highest BCUT2D eigenvalue weighted by molar-refractivity contribution is 9.10. The molecule has 5 heteroatoms. The molecule has 2 unspecified atom stereocenters. The lowest BCUT2D eigenvalue weighted by Gasteiger charge is -2.30. The van der Waals surface area contributed by atoms with Crippen LogP contribution in [-0.4, -0.2) is 5.11 Å². The molecule has 0 aliphatic carbocycles. The van der Waals surface area contributed by atoms with Gasteiger partial charge in [0, 0.05) is 22.0 Å². The van der Waals surface area contributed by atoms with E-state index >= 15 is 0 Å². The largest absolute Gasteiger partial charge is 0.485 e. The van der Waals surface area contributed by atoms with E-state index < -0.39 is 23.8 Å². The number of hydrogen-bond acceptors (Lipinski definition) is 2. The summed E-state index contributed by atoms with van der Waals surface area (Å²) in [5, 5.41) is 10.1. The lowest BCUT2D eigenvalue weighted by molar-refractivity contribution is 0.0636. The fourth-order valence-corrected chi connectivity index (χ4v) is 2.70. The Hall–Kier alpha value is -1.46. The summed E-state index contributed by atoms with van der Waals surface area (Å²) in [5.74, 6) is -0.445. The second kappa shape index (κ2) is 5.14. The van der Waals surface area contributed by atoms with Gasteiger partial charge in [0.25, 0.3) is 0 Å². The van der Waals surface area contributed by atoms with E-state index in [2.05, 4.69) is 15.9 Å². The minimum Gasteiger partial charge on any atom is -0.485 e. The van der Waals surface area contributed by atoms with E-state index in [0.717, 1.165) is 0 Å². The molecule has 1 aliphatic heterocycles. The van der Waals surface area contributed by atoms with Gasteiger partial charge in [-0.1, -0.05) is 22.0 Å². The third-order valence-corrected chi connectivity index (χ3v) is 3.84. The Bertz CT molecular complexity index is 660. The molecule has 2 aromatic carbocycles. The Balaban J connectivity index is 1.97. The first-order valence-electron chi connectivity index (χ1n) is 6.13. The smallest absolute Gasteiger partial charge is 0.131 e. The van der Waals surface area contributed by atoms with Gasteiger partial charge in [0.1, 0.15) is 23.5 Å². The summed E-state index contributed by atoms with van der Waals surface area (Å²) in [6, 6.07) is 8.64. The maximum absolute atomic E-state index is 14.0. The van der Waals surface area contributed by atoms with Gasteiger partial charge >= 0.3 is 0 Å². The number of ether oxygens (including phenoxy) is 1. The first-order valence-corrected chi connectivity index (χ1v) is 6.93. The van der Waals surface area contributed by atoms with E-state index in [4.69, 9.17) is 4.74 Å². The molecule has 0 aromatic heterocycles. The van der Waals surface area contributed by atoms with Gasteiger partial charge in [-0.3, -0.25) is 0 Å². The SMILES string of the molecule is OC1CC(c2ccc(Br)cc2F)Oc2ccc(F)cc21. The van der Waals surface area contributed by atoms with Crippen LogP contribution >= 0.6 is 15.9 Å². The lowest BCUT2D eigenvalue weighted by Crippen LogP contribution is -2.20. The monoisotopic (exact) mass is 340 g/mol. The van der Waals surface area contributed by atoms with Crippen LogP contribution in [0, 0.1) is 11.6 Å². The molecule has 2 atom stereocenters. The van der Waals surface area contributed by atoms with Crippen LogP contribution in [0.4, 0.5) is 8.78 Å². The number of hydrogen-bond donors (Lipinski definition) is 1. The zero-order chi connectivity index (χ0) is 14.3. The van der Waals surface area contributed by atoms with Gasteiger partial charge in [-0.05, 0) is 30.3 Å². The molecule has 0 fully saturated rings. The van der Waals surface area contributed by atoms with E-state index in [-0.39, 0.29) is 6.42 Å². The normalized spacial score (nSPS) is 21.2. The molecule has 3 rings (SSSR count). The average molecular weight is 341 g/mol. The first kappa shape index (κ1) is 13.5. The molecule has 1 N–H and O–H groups in total. The number of aliphatic hydroxyl groups is 1. The highest BCUT2D eigenvalue weighted by Gasteiger charge is 2.30. The zero-order valence-corrected chi connectivity index (χ0v) is 11.9. The molecule has 104 valence electrons. The molecule has 1 heterocycles. The van der Waals surface area contributed by atoms with Crippen LogP contribution in [-0.2, 0) is 0 Å². The Morgan fingerprint density at radius 3 is 2.65 bits per heavy atom. The molecule has 0 saturated heterocycles. The van der Waals surface area contributed by atoms with Crippen molar-refractivity contribution >= 4 is 15.9 Å². The van der Waals surface area contributed by atoms with Crippen LogP contribution in [0.5, 0.6) is 5.75 Å². The summed E-state index contributed by atoms with van der Waals surface area (Å²) < 4.78 is 33.4. The van der Waals surface area contributed by atoms with Crippen molar-refractivity contribution in [3.63, 3.8) is 0 Å². The molecule has 2 aromatic rings. The minimum absolute atomic E-state index is 0.189. The second-order valence-electron chi connectivity index (χ2n) is 4.71.